The van der Waals surface area contributed by atoms with Crippen molar-refractivity contribution in [1.29, 1.82) is 0 Å². The molecule has 1 saturated heterocycles. The smallest absolute Gasteiger partial charge is 0.242 e. The van der Waals surface area contributed by atoms with Crippen LogP contribution in [-0.2, 0) is 16.1 Å². The molecule has 0 bridgehead atoms. The van der Waals surface area contributed by atoms with E-state index in [0.29, 0.717) is 31.3 Å². The predicted octanol–water partition coefficient (Wildman–Crippen LogP) is 0.489. The zero-order valence-corrected chi connectivity index (χ0v) is 10.7. The van der Waals surface area contributed by atoms with Crippen molar-refractivity contribution >= 4 is 23.2 Å². The second-order valence-corrected chi connectivity index (χ2v) is 4.57. The predicted molar refractivity (Wildman–Crippen MR) is 70.5 cm³/mol. The molecular weight excluding hydrogens is 254 g/mol. The number of hydrogen-bond acceptors (Lipinski definition) is 4. The number of morpholine rings is 1. The van der Waals surface area contributed by atoms with Crippen molar-refractivity contribution in [3.8, 4) is 0 Å². The summed E-state index contributed by atoms with van der Waals surface area (Å²) in [5.74, 6) is -0.395. The zero-order valence-electron chi connectivity index (χ0n) is 9.93. The van der Waals surface area contributed by atoms with Crippen LogP contribution >= 0.6 is 11.6 Å². The lowest BCUT2D eigenvalue weighted by Gasteiger charge is -2.35. The van der Waals surface area contributed by atoms with E-state index >= 15 is 0 Å². The van der Waals surface area contributed by atoms with E-state index in [-0.39, 0.29) is 0 Å². The quantitative estimate of drug-likeness (QED) is 0.837. The molecule has 0 radical (unpaired) electrons. The highest BCUT2D eigenvalue weighted by Gasteiger charge is 2.28. The van der Waals surface area contributed by atoms with Crippen LogP contribution in [-0.4, -0.2) is 31.7 Å². The van der Waals surface area contributed by atoms with E-state index in [0.717, 1.165) is 11.3 Å². The van der Waals surface area contributed by atoms with Crippen LogP contribution in [0.3, 0.4) is 0 Å². The minimum absolute atomic E-state index is 0.311. The van der Waals surface area contributed by atoms with Crippen molar-refractivity contribution in [2.24, 2.45) is 11.5 Å². The molecule has 1 aromatic carbocycles. The van der Waals surface area contributed by atoms with Crippen LogP contribution in [0.5, 0.6) is 0 Å². The number of hydrogen-bond donors (Lipinski definition) is 2. The Morgan fingerprint density at radius 1 is 1.56 bits per heavy atom. The van der Waals surface area contributed by atoms with E-state index in [1.54, 1.807) is 0 Å². The van der Waals surface area contributed by atoms with E-state index in [4.69, 9.17) is 27.8 Å². The normalized spacial score (nSPS) is 19.9. The minimum atomic E-state index is -0.446. The summed E-state index contributed by atoms with van der Waals surface area (Å²) in [6, 6.07) is 5.13. The van der Waals surface area contributed by atoms with E-state index < -0.39 is 11.9 Å². The Bertz CT molecular complexity index is 453. The Labute approximate surface area is 111 Å². The Kier molecular flexibility index (Phi) is 4.06. The molecular formula is C12H16ClN3O2. The summed E-state index contributed by atoms with van der Waals surface area (Å²) < 4.78 is 5.27. The Balaban J connectivity index is 2.28. The summed E-state index contributed by atoms with van der Waals surface area (Å²) in [6.45, 7) is 1.89. The summed E-state index contributed by atoms with van der Waals surface area (Å²) in [7, 11) is 0. The van der Waals surface area contributed by atoms with E-state index in [2.05, 4.69) is 0 Å². The summed E-state index contributed by atoms with van der Waals surface area (Å²) in [6.07, 6.45) is 0. The number of benzene rings is 1. The average molecular weight is 270 g/mol. The lowest BCUT2D eigenvalue weighted by Crippen LogP contribution is -2.52. The molecule has 1 heterocycles. The van der Waals surface area contributed by atoms with Gasteiger partial charge in [-0.05, 0) is 17.7 Å². The fourth-order valence-electron chi connectivity index (χ4n) is 2.03. The second-order valence-electron chi connectivity index (χ2n) is 4.17. The summed E-state index contributed by atoms with van der Waals surface area (Å²) in [4.78, 5) is 13.3. The highest BCUT2D eigenvalue weighted by molar-refractivity contribution is 6.31. The molecule has 0 spiro atoms. The number of amides is 1. The molecule has 0 saturated carbocycles. The highest BCUT2D eigenvalue weighted by Crippen LogP contribution is 2.26. The number of carbonyl (C=O) groups is 1. The molecule has 1 unspecified atom stereocenters. The molecule has 18 heavy (non-hydrogen) atoms. The topological polar surface area (TPSA) is 81.6 Å². The van der Waals surface area contributed by atoms with Gasteiger partial charge in [0.2, 0.25) is 5.91 Å². The number of nitrogens with zero attached hydrogens (tertiary/aromatic N) is 1. The molecule has 1 aromatic rings. The van der Waals surface area contributed by atoms with Crippen LogP contribution in [0, 0.1) is 0 Å². The van der Waals surface area contributed by atoms with E-state index in [1.165, 1.54) is 0 Å². The third-order valence-electron chi connectivity index (χ3n) is 3.05. The molecule has 6 heteroatoms. The number of carbonyl (C=O) groups excluding carboxylic acids is 1. The van der Waals surface area contributed by atoms with Crippen molar-refractivity contribution in [2.45, 2.75) is 12.6 Å². The van der Waals surface area contributed by atoms with Crippen molar-refractivity contribution in [3.05, 3.63) is 28.8 Å². The molecule has 1 aliphatic rings. The van der Waals surface area contributed by atoms with Crippen molar-refractivity contribution < 1.29 is 9.53 Å². The van der Waals surface area contributed by atoms with E-state index in [1.807, 2.05) is 23.1 Å². The first-order valence-electron chi connectivity index (χ1n) is 5.75. The van der Waals surface area contributed by atoms with Gasteiger partial charge in [0.05, 0.1) is 13.2 Å². The first-order valence-corrected chi connectivity index (χ1v) is 6.13. The van der Waals surface area contributed by atoms with Gasteiger partial charge in [-0.15, -0.1) is 0 Å². The van der Waals surface area contributed by atoms with Crippen molar-refractivity contribution in [1.82, 2.24) is 0 Å². The van der Waals surface area contributed by atoms with Crippen LogP contribution in [0.2, 0.25) is 5.02 Å². The molecule has 5 nitrogen and oxygen atoms in total. The van der Waals surface area contributed by atoms with Gasteiger partial charge in [0.15, 0.2) is 0 Å². The Morgan fingerprint density at radius 3 is 2.94 bits per heavy atom. The first-order chi connectivity index (χ1) is 8.63. The lowest BCUT2D eigenvalue weighted by atomic mass is 10.1. The van der Waals surface area contributed by atoms with Crippen molar-refractivity contribution in [3.63, 3.8) is 0 Å². The fraction of sp³-hybridized carbons (Fsp3) is 0.417. The largest absolute Gasteiger partial charge is 0.377 e. The number of nitrogens with two attached hydrogens (primary N) is 2. The monoisotopic (exact) mass is 269 g/mol. The van der Waals surface area contributed by atoms with Gasteiger partial charge in [0, 0.05) is 23.8 Å². The third kappa shape index (κ3) is 2.58. The molecule has 0 aromatic heterocycles. The summed E-state index contributed by atoms with van der Waals surface area (Å²) in [5.41, 5.74) is 12.7. The maximum absolute atomic E-state index is 11.4. The number of halogens is 1. The van der Waals surface area contributed by atoms with E-state index in [9.17, 15) is 4.79 Å². The van der Waals surface area contributed by atoms with Crippen LogP contribution in [0.25, 0.3) is 0 Å². The molecule has 2 rings (SSSR count). The van der Waals surface area contributed by atoms with Crippen LogP contribution in [0.15, 0.2) is 18.2 Å². The molecule has 1 aliphatic heterocycles. The zero-order chi connectivity index (χ0) is 13.1. The maximum atomic E-state index is 11.4. The number of rotatable bonds is 3. The highest BCUT2D eigenvalue weighted by atomic mass is 35.5. The van der Waals surface area contributed by atoms with Gasteiger partial charge >= 0.3 is 0 Å². The molecule has 1 fully saturated rings. The second kappa shape index (κ2) is 5.56. The van der Waals surface area contributed by atoms with Crippen LogP contribution < -0.4 is 16.4 Å². The van der Waals surface area contributed by atoms with Crippen LogP contribution in [0.1, 0.15) is 5.56 Å². The van der Waals surface area contributed by atoms with Gasteiger partial charge in [0.1, 0.15) is 6.04 Å². The molecule has 0 aliphatic carbocycles. The average Bonchev–Trinajstić information content (AvgIpc) is 2.38. The van der Waals surface area contributed by atoms with Gasteiger partial charge in [-0.3, -0.25) is 4.79 Å². The summed E-state index contributed by atoms with van der Waals surface area (Å²) >= 11 is 6.12. The summed E-state index contributed by atoms with van der Waals surface area (Å²) in [5, 5.41) is 0.602. The molecule has 1 amide bonds. The number of anilines is 1. The van der Waals surface area contributed by atoms with Crippen LogP contribution in [0.4, 0.5) is 5.69 Å². The van der Waals surface area contributed by atoms with Gasteiger partial charge in [-0.1, -0.05) is 17.7 Å². The van der Waals surface area contributed by atoms with Gasteiger partial charge in [0.25, 0.3) is 0 Å². The minimum Gasteiger partial charge on any atom is -0.377 e. The SMILES string of the molecule is NCc1ccc(N2CCOCC2C(N)=O)cc1Cl. The van der Waals surface area contributed by atoms with Gasteiger partial charge in [-0.25, -0.2) is 0 Å². The first kappa shape index (κ1) is 13.1. The van der Waals surface area contributed by atoms with Gasteiger partial charge in [-0.2, -0.15) is 0 Å². The fourth-order valence-corrected chi connectivity index (χ4v) is 2.28. The number of ether oxygens (including phenoxy) is 1. The van der Waals surface area contributed by atoms with Crippen molar-refractivity contribution in [2.75, 3.05) is 24.7 Å². The Morgan fingerprint density at radius 2 is 2.33 bits per heavy atom. The Hall–Kier alpha value is -1.30. The molecule has 98 valence electrons. The standard InChI is InChI=1S/C12H16ClN3O2/c13-10-5-9(2-1-8(10)6-14)16-3-4-18-7-11(16)12(15)17/h1-2,5,11H,3-4,6-7,14H2,(H2,15,17). The number of primary amides is 1. The lowest BCUT2D eigenvalue weighted by molar-refractivity contribution is -0.121. The van der Waals surface area contributed by atoms with Gasteiger partial charge < -0.3 is 21.1 Å². The molecule has 1 atom stereocenters. The third-order valence-corrected chi connectivity index (χ3v) is 3.40. The maximum Gasteiger partial charge on any atom is 0.242 e. The molecule has 4 N–H and O–H groups in total.